The summed E-state index contributed by atoms with van der Waals surface area (Å²) in [5.74, 6) is 1.97. The molecule has 0 bridgehead atoms. The lowest BCUT2D eigenvalue weighted by Crippen LogP contribution is -2.02. The van der Waals surface area contributed by atoms with E-state index < -0.39 is 0 Å². The predicted octanol–water partition coefficient (Wildman–Crippen LogP) is 3.38. The van der Waals surface area contributed by atoms with Crippen molar-refractivity contribution in [3.63, 3.8) is 0 Å². The molecule has 20 heavy (non-hydrogen) atoms. The van der Waals surface area contributed by atoms with Crippen LogP contribution in [0.1, 0.15) is 17.0 Å². The van der Waals surface area contributed by atoms with Crippen molar-refractivity contribution < 1.29 is 9.47 Å². The van der Waals surface area contributed by atoms with E-state index in [0.29, 0.717) is 29.9 Å². The first-order chi connectivity index (χ1) is 9.49. The number of anilines is 1. The van der Waals surface area contributed by atoms with Crippen molar-refractivity contribution in [3.05, 3.63) is 39.6 Å². The Morgan fingerprint density at radius 1 is 1.15 bits per heavy atom. The zero-order chi connectivity index (χ0) is 14.7. The minimum absolute atomic E-state index is 0.291. The number of methoxy groups -OCH3 is 1. The molecule has 106 valence electrons. The minimum atomic E-state index is 0.291. The lowest BCUT2D eigenvalue weighted by molar-refractivity contribution is 0.177. The fraction of sp³-hybridized carbons (Fsp3) is 0.286. The van der Waals surface area contributed by atoms with Gasteiger partial charge in [-0.25, -0.2) is 4.98 Å². The standard InChI is InChI=1S/C14H16BrN3O2/c1-8-4-10(5-9(2)14(8)15)20-13-6-11(16)17-12(18-13)7-19-3/h4-6H,7H2,1-3H3,(H2,16,17,18). The number of hydrogen-bond acceptors (Lipinski definition) is 5. The van der Waals surface area contributed by atoms with Crippen LogP contribution in [0.2, 0.25) is 0 Å². The van der Waals surface area contributed by atoms with E-state index in [4.69, 9.17) is 15.2 Å². The van der Waals surface area contributed by atoms with Crippen LogP contribution in [0.5, 0.6) is 11.6 Å². The Morgan fingerprint density at radius 3 is 2.40 bits per heavy atom. The number of hydrogen-bond donors (Lipinski definition) is 1. The smallest absolute Gasteiger partial charge is 0.224 e. The van der Waals surface area contributed by atoms with Crippen molar-refractivity contribution in [2.45, 2.75) is 20.5 Å². The number of nitrogens with two attached hydrogens (primary N) is 1. The summed E-state index contributed by atoms with van der Waals surface area (Å²) in [5.41, 5.74) is 7.93. The number of aromatic nitrogens is 2. The van der Waals surface area contributed by atoms with Crippen molar-refractivity contribution in [2.75, 3.05) is 12.8 Å². The largest absolute Gasteiger partial charge is 0.439 e. The first-order valence-corrected chi connectivity index (χ1v) is 6.86. The molecule has 1 aromatic carbocycles. The minimum Gasteiger partial charge on any atom is -0.439 e. The van der Waals surface area contributed by atoms with Gasteiger partial charge in [-0.1, -0.05) is 15.9 Å². The van der Waals surface area contributed by atoms with Gasteiger partial charge in [0.15, 0.2) is 5.82 Å². The summed E-state index contributed by atoms with van der Waals surface area (Å²) in [6.07, 6.45) is 0. The lowest BCUT2D eigenvalue weighted by Gasteiger charge is -2.10. The fourth-order valence-corrected chi connectivity index (χ4v) is 2.05. The molecule has 5 nitrogen and oxygen atoms in total. The molecule has 0 spiro atoms. The summed E-state index contributed by atoms with van der Waals surface area (Å²) in [7, 11) is 1.58. The molecule has 0 amide bonds. The van der Waals surface area contributed by atoms with E-state index in [1.54, 1.807) is 13.2 Å². The summed E-state index contributed by atoms with van der Waals surface area (Å²) in [5, 5.41) is 0. The topological polar surface area (TPSA) is 70.3 Å². The highest BCUT2D eigenvalue weighted by molar-refractivity contribution is 9.10. The van der Waals surface area contributed by atoms with Crippen LogP contribution in [0.15, 0.2) is 22.7 Å². The van der Waals surface area contributed by atoms with Crippen LogP contribution < -0.4 is 10.5 Å². The molecule has 2 N–H and O–H groups in total. The zero-order valence-electron chi connectivity index (χ0n) is 11.6. The molecule has 0 radical (unpaired) electrons. The van der Waals surface area contributed by atoms with Gasteiger partial charge in [0, 0.05) is 17.6 Å². The third kappa shape index (κ3) is 3.46. The molecule has 0 atom stereocenters. The van der Waals surface area contributed by atoms with E-state index in [1.165, 1.54) is 0 Å². The first kappa shape index (κ1) is 14.7. The van der Waals surface area contributed by atoms with E-state index in [0.717, 1.165) is 15.6 Å². The normalized spacial score (nSPS) is 10.6. The van der Waals surface area contributed by atoms with Gasteiger partial charge < -0.3 is 15.2 Å². The third-order valence-electron chi connectivity index (χ3n) is 2.67. The van der Waals surface area contributed by atoms with Crippen molar-refractivity contribution in [1.29, 1.82) is 0 Å². The number of nitrogen functional groups attached to an aromatic ring is 1. The van der Waals surface area contributed by atoms with Gasteiger partial charge >= 0.3 is 0 Å². The van der Waals surface area contributed by atoms with Gasteiger partial charge in [0.2, 0.25) is 5.88 Å². The fourth-order valence-electron chi connectivity index (χ4n) is 1.82. The van der Waals surface area contributed by atoms with E-state index in [1.807, 2.05) is 26.0 Å². The van der Waals surface area contributed by atoms with E-state index in [-0.39, 0.29) is 0 Å². The highest BCUT2D eigenvalue weighted by atomic mass is 79.9. The molecular weight excluding hydrogens is 322 g/mol. The van der Waals surface area contributed by atoms with Crippen LogP contribution in [-0.2, 0) is 11.3 Å². The molecule has 2 aromatic rings. The Balaban J connectivity index is 2.30. The van der Waals surface area contributed by atoms with E-state index in [9.17, 15) is 0 Å². The number of ether oxygens (including phenoxy) is 2. The molecular formula is C14H16BrN3O2. The molecule has 0 unspecified atom stereocenters. The second-order valence-electron chi connectivity index (χ2n) is 4.45. The van der Waals surface area contributed by atoms with E-state index in [2.05, 4.69) is 25.9 Å². The van der Waals surface area contributed by atoms with Crippen molar-refractivity contribution in [3.8, 4) is 11.6 Å². The molecule has 1 heterocycles. The maximum atomic E-state index is 5.76. The predicted molar refractivity (Wildman–Crippen MR) is 80.8 cm³/mol. The first-order valence-electron chi connectivity index (χ1n) is 6.06. The molecule has 6 heteroatoms. The zero-order valence-corrected chi connectivity index (χ0v) is 13.2. The Labute approximate surface area is 126 Å². The summed E-state index contributed by atoms with van der Waals surface area (Å²) in [4.78, 5) is 8.32. The molecule has 0 aliphatic carbocycles. The molecule has 0 saturated heterocycles. The maximum absolute atomic E-state index is 5.76. The van der Waals surface area contributed by atoms with E-state index >= 15 is 0 Å². The van der Waals surface area contributed by atoms with Crippen LogP contribution in [0.25, 0.3) is 0 Å². The number of rotatable bonds is 4. The molecule has 0 aliphatic heterocycles. The van der Waals surface area contributed by atoms with Crippen LogP contribution in [0.4, 0.5) is 5.82 Å². The Bertz CT molecular complexity index is 609. The second kappa shape index (κ2) is 6.19. The average Bonchev–Trinajstić information content (AvgIpc) is 2.35. The van der Waals surface area contributed by atoms with Gasteiger partial charge in [0.05, 0.1) is 0 Å². The van der Waals surface area contributed by atoms with Crippen molar-refractivity contribution in [1.82, 2.24) is 9.97 Å². The number of nitrogens with zero attached hydrogens (tertiary/aromatic N) is 2. The van der Waals surface area contributed by atoms with Gasteiger partial charge in [-0.05, 0) is 37.1 Å². The molecule has 2 rings (SSSR count). The van der Waals surface area contributed by atoms with Crippen LogP contribution in [-0.4, -0.2) is 17.1 Å². The van der Waals surface area contributed by atoms with Crippen LogP contribution >= 0.6 is 15.9 Å². The van der Waals surface area contributed by atoms with Crippen LogP contribution in [0, 0.1) is 13.8 Å². The highest BCUT2D eigenvalue weighted by Crippen LogP contribution is 2.29. The number of halogens is 1. The summed E-state index contributed by atoms with van der Waals surface area (Å²) < 4.78 is 11.8. The third-order valence-corrected chi connectivity index (χ3v) is 3.93. The molecule has 0 saturated carbocycles. The summed E-state index contributed by atoms with van der Waals surface area (Å²) in [6, 6.07) is 5.46. The number of aryl methyl sites for hydroxylation is 2. The number of benzene rings is 1. The maximum Gasteiger partial charge on any atom is 0.224 e. The van der Waals surface area contributed by atoms with Gasteiger partial charge in [0.1, 0.15) is 18.2 Å². The Kier molecular flexibility index (Phi) is 4.57. The highest BCUT2D eigenvalue weighted by Gasteiger charge is 2.07. The SMILES string of the molecule is COCc1nc(N)cc(Oc2cc(C)c(Br)c(C)c2)n1. The second-order valence-corrected chi connectivity index (χ2v) is 5.25. The van der Waals surface area contributed by atoms with Gasteiger partial charge in [-0.3, -0.25) is 0 Å². The lowest BCUT2D eigenvalue weighted by atomic mass is 10.1. The quantitative estimate of drug-likeness (QED) is 0.925. The van der Waals surface area contributed by atoms with Crippen LogP contribution in [0.3, 0.4) is 0 Å². The van der Waals surface area contributed by atoms with Crippen molar-refractivity contribution >= 4 is 21.7 Å². The molecule has 1 aromatic heterocycles. The van der Waals surface area contributed by atoms with Gasteiger partial charge in [0.25, 0.3) is 0 Å². The van der Waals surface area contributed by atoms with Gasteiger partial charge in [-0.15, -0.1) is 0 Å². The van der Waals surface area contributed by atoms with Crippen molar-refractivity contribution in [2.24, 2.45) is 0 Å². The Morgan fingerprint density at radius 2 is 1.80 bits per heavy atom. The Hall–Kier alpha value is -1.66. The summed E-state index contributed by atoms with van der Waals surface area (Å²) in [6.45, 7) is 4.31. The molecule has 0 fully saturated rings. The van der Waals surface area contributed by atoms with Gasteiger partial charge in [-0.2, -0.15) is 4.98 Å². The summed E-state index contributed by atoms with van der Waals surface area (Å²) >= 11 is 3.52. The average molecular weight is 338 g/mol. The molecule has 0 aliphatic rings. The monoisotopic (exact) mass is 337 g/mol.